The third-order valence-electron chi connectivity index (χ3n) is 13.0. The summed E-state index contributed by atoms with van der Waals surface area (Å²) in [7, 11) is 0. The van der Waals surface area contributed by atoms with Crippen molar-refractivity contribution in [3.05, 3.63) is 24.3 Å². The van der Waals surface area contributed by atoms with Gasteiger partial charge in [0.1, 0.15) is 24.4 Å². The van der Waals surface area contributed by atoms with E-state index in [0.29, 0.717) is 6.42 Å². The molecule has 0 spiro atoms. The number of carbonyl (C=O) groups excluding carboxylic acids is 1. The maximum absolute atomic E-state index is 13.0. The van der Waals surface area contributed by atoms with Gasteiger partial charge in [-0.2, -0.15) is 0 Å². The number of hydrogen-bond acceptors (Lipinski definition) is 8. The molecule has 1 aliphatic heterocycles. The average molecular weight is 894 g/mol. The SMILES string of the molecule is CCCCCCCCCCCCCCCC/C=C/CC/C=C/C(O)C(COC1OC(CO)C(O)C(O)C1O)NC(=O)CCCCCCCCCCCCCCCCCCCCCC. The summed E-state index contributed by atoms with van der Waals surface area (Å²) in [5, 5.41) is 54.4. The first kappa shape index (κ1) is 59.7. The highest BCUT2D eigenvalue weighted by atomic mass is 16.7. The summed E-state index contributed by atoms with van der Waals surface area (Å²) >= 11 is 0. The molecule has 1 fully saturated rings. The van der Waals surface area contributed by atoms with E-state index >= 15 is 0 Å². The quantitative estimate of drug-likeness (QED) is 0.0261. The van der Waals surface area contributed by atoms with Crippen LogP contribution in [-0.4, -0.2) is 87.5 Å². The molecule has 1 amide bonds. The fraction of sp³-hybridized carbons (Fsp3) is 0.907. The van der Waals surface area contributed by atoms with Gasteiger partial charge in [-0.25, -0.2) is 0 Å². The molecular weight excluding hydrogens is 791 g/mol. The molecule has 7 unspecified atom stereocenters. The summed E-state index contributed by atoms with van der Waals surface area (Å²) in [4.78, 5) is 13.0. The molecule has 9 nitrogen and oxygen atoms in total. The van der Waals surface area contributed by atoms with Crippen molar-refractivity contribution in [2.45, 2.75) is 301 Å². The molecule has 0 aromatic carbocycles. The second-order valence-corrected chi connectivity index (χ2v) is 19.0. The minimum absolute atomic E-state index is 0.182. The predicted octanol–water partition coefficient (Wildman–Crippen LogP) is 12.6. The van der Waals surface area contributed by atoms with Crippen molar-refractivity contribution in [1.29, 1.82) is 0 Å². The molecule has 0 aromatic heterocycles. The molecule has 63 heavy (non-hydrogen) atoms. The van der Waals surface area contributed by atoms with Gasteiger partial charge in [0.15, 0.2) is 6.29 Å². The van der Waals surface area contributed by atoms with Gasteiger partial charge in [0.05, 0.1) is 25.4 Å². The van der Waals surface area contributed by atoms with E-state index in [4.69, 9.17) is 9.47 Å². The molecule has 1 heterocycles. The van der Waals surface area contributed by atoms with Crippen LogP contribution in [0.3, 0.4) is 0 Å². The van der Waals surface area contributed by atoms with Crippen molar-refractivity contribution < 1.29 is 39.8 Å². The van der Waals surface area contributed by atoms with Crippen LogP contribution in [0, 0.1) is 0 Å². The minimum Gasteiger partial charge on any atom is -0.394 e. The van der Waals surface area contributed by atoms with Gasteiger partial charge in [0.25, 0.3) is 0 Å². The van der Waals surface area contributed by atoms with Crippen LogP contribution in [0.2, 0.25) is 0 Å². The highest BCUT2D eigenvalue weighted by molar-refractivity contribution is 5.76. The van der Waals surface area contributed by atoms with Gasteiger partial charge in [0, 0.05) is 6.42 Å². The number of ether oxygens (including phenoxy) is 2. The lowest BCUT2D eigenvalue weighted by Crippen LogP contribution is -2.60. The van der Waals surface area contributed by atoms with E-state index in [9.17, 15) is 30.3 Å². The molecule has 0 saturated carbocycles. The first-order chi connectivity index (χ1) is 30.8. The molecule has 1 rings (SSSR count). The maximum Gasteiger partial charge on any atom is 0.220 e. The van der Waals surface area contributed by atoms with Gasteiger partial charge in [-0.1, -0.05) is 244 Å². The molecule has 372 valence electrons. The number of aliphatic hydroxyl groups excluding tert-OH is 5. The smallest absolute Gasteiger partial charge is 0.220 e. The van der Waals surface area contributed by atoms with Gasteiger partial charge >= 0.3 is 0 Å². The standard InChI is InChI=1S/C54H103NO8/c1-3-5-7-9-11-13-15-17-19-21-23-25-27-29-31-33-35-37-39-41-43-48(57)47(46-62-54-53(61)52(60)51(59)49(45-56)63-54)55-50(58)44-42-40-38-36-34-32-30-28-26-24-22-20-18-16-14-12-10-8-6-4-2/h33,35,41,43,47-49,51-54,56-57,59-61H,3-32,34,36-40,42,44-46H2,1-2H3,(H,55,58)/b35-33+,43-41+. The molecule has 0 radical (unpaired) electrons. The van der Waals surface area contributed by atoms with Crippen molar-refractivity contribution in [1.82, 2.24) is 5.32 Å². The first-order valence-corrected chi connectivity index (χ1v) is 27.1. The van der Waals surface area contributed by atoms with E-state index in [1.807, 2.05) is 6.08 Å². The third-order valence-corrected chi connectivity index (χ3v) is 13.0. The zero-order valence-electron chi connectivity index (χ0n) is 41.1. The Balaban J connectivity index is 2.28. The number of carbonyl (C=O) groups is 1. The average Bonchev–Trinajstić information content (AvgIpc) is 3.28. The lowest BCUT2D eigenvalue weighted by atomic mass is 9.99. The normalized spacial score (nSPS) is 20.3. The third kappa shape index (κ3) is 34.6. The number of unbranched alkanes of at least 4 members (excludes halogenated alkanes) is 34. The number of nitrogens with one attached hydrogen (secondary N) is 1. The highest BCUT2D eigenvalue weighted by Gasteiger charge is 2.44. The molecule has 1 saturated heterocycles. The molecule has 1 aliphatic rings. The summed E-state index contributed by atoms with van der Waals surface area (Å²) in [6.07, 6.45) is 48.1. The zero-order valence-corrected chi connectivity index (χ0v) is 41.1. The summed E-state index contributed by atoms with van der Waals surface area (Å²) in [6.45, 7) is 3.79. The lowest BCUT2D eigenvalue weighted by molar-refractivity contribution is -0.302. The Labute approximate surface area is 388 Å². The summed E-state index contributed by atoms with van der Waals surface area (Å²) in [6, 6.07) is -0.818. The van der Waals surface area contributed by atoms with E-state index < -0.39 is 49.5 Å². The van der Waals surface area contributed by atoms with E-state index in [1.165, 1.54) is 199 Å². The van der Waals surface area contributed by atoms with Crippen LogP contribution < -0.4 is 5.32 Å². The van der Waals surface area contributed by atoms with Crippen LogP contribution in [-0.2, 0) is 14.3 Å². The van der Waals surface area contributed by atoms with E-state index in [-0.39, 0.29) is 12.5 Å². The van der Waals surface area contributed by atoms with Crippen LogP contribution in [0.25, 0.3) is 0 Å². The van der Waals surface area contributed by atoms with Crippen molar-refractivity contribution in [3.63, 3.8) is 0 Å². The summed E-state index contributed by atoms with van der Waals surface area (Å²) in [5.41, 5.74) is 0. The van der Waals surface area contributed by atoms with Gasteiger partial charge in [-0.15, -0.1) is 0 Å². The van der Waals surface area contributed by atoms with Crippen molar-refractivity contribution in [2.75, 3.05) is 13.2 Å². The van der Waals surface area contributed by atoms with E-state index in [2.05, 4.69) is 31.3 Å². The molecule has 0 aliphatic carbocycles. The van der Waals surface area contributed by atoms with Crippen molar-refractivity contribution in [3.8, 4) is 0 Å². The van der Waals surface area contributed by atoms with E-state index in [0.717, 1.165) is 38.5 Å². The Morgan fingerprint density at radius 2 is 0.905 bits per heavy atom. The Kier molecular flexibility index (Phi) is 42.2. The number of amides is 1. The predicted molar refractivity (Wildman–Crippen MR) is 263 cm³/mol. The number of rotatable bonds is 46. The largest absolute Gasteiger partial charge is 0.394 e. The van der Waals surface area contributed by atoms with Crippen LogP contribution in [0.5, 0.6) is 0 Å². The zero-order chi connectivity index (χ0) is 45.9. The Morgan fingerprint density at radius 1 is 0.524 bits per heavy atom. The van der Waals surface area contributed by atoms with Crippen LogP contribution in [0.1, 0.15) is 258 Å². The number of aliphatic hydroxyl groups is 5. The number of hydrogen-bond donors (Lipinski definition) is 6. The van der Waals surface area contributed by atoms with Gasteiger partial charge in [-0.05, 0) is 32.1 Å². The monoisotopic (exact) mass is 894 g/mol. The lowest BCUT2D eigenvalue weighted by Gasteiger charge is -2.40. The highest BCUT2D eigenvalue weighted by Crippen LogP contribution is 2.23. The molecule has 7 atom stereocenters. The van der Waals surface area contributed by atoms with E-state index in [1.54, 1.807) is 6.08 Å². The fourth-order valence-electron chi connectivity index (χ4n) is 8.70. The summed E-state index contributed by atoms with van der Waals surface area (Å²) < 4.78 is 11.2. The van der Waals surface area contributed by atoms with Gasteiger partial charge in [0.2, 0.25) is 5.91 Å². The van der Waals surface area contributed by atoms with Gasteiger partial charge in [-0.3, -0.25) is 4.79 Å². The first-order valence-electron chi connectivity index (χ1n) is 27.1. The fourth-order valence-corrected chi connectivity index (χ4v) is 8.70. The van der Waals surface area contributed by atoms with Crippen LogP contribution in [0.15, 0.2) is 24.3 Å². The topological polar surface area (TPSA) is 149 Å². The number of allylic oxidation sites excluding steroid dienone is 3. The minimum atomic E-state index is -1.57. The molecule has 0 aromatic rings. The van der Waals surface area contributed by atoms with Gasteiger partial charge < -0.3 is 40.3 Å². The van der Waals surface area contributed by atoms with Crippen LogP contribution in [0.4, 0.5) is 0 Å². The Hall–Kier alpha value is -1.33. The Morgan fingerprint density at radius 3 is 1.33 bits per heavy atom. The maximum atomic E-state index is 13.0. The Bertz CT molecular complexity index is 1040. The molecule has 0 bridgehead atoms. The van der Waals surface area contributed by atoms with Crippen molar-refractivity contribution in [2.24, 2.45) is 0 Å². The second kappa shape index (κ2) is 44.5. The second-order valence-electron chi connectivity index (χ2n) is 19.0. The molecular formula is C54H103NO8. The van der Waals surface area contributed by atoms with Crippen molar-refractivity contribution >= 4 is 5.91 Å². The van der Waals surface area contributed by atoms with Crippen LogP contribution >= 0.6 is 0 Å². The summed E-state index contributed by atoms with van der Waals surface area (Å²) in [5.74, 6) is -0.182. The molecule has 9 heteroatoms. The molecule has 6 N–H and O–H groups in total.